The van der Waals surface area contributed by atoms with Gasteiger partial charge >= 0.3 is 5.97 Å². The molecule has 29 heavy (non-hydrogen) atoms. The van der Waals surface area contributed by atoms with Crippen molar-refractivity contribution in [1.29, 1.82) is 0 Å². The molecular formula is C23H25NO5. The quantitative estimate of drug-likeness (QED) is 0.425. The first kappa shape index (κ1) is 20.5. The van der Waals surface area contributed by atoms with Gasteiger partial charge in [-0.2, -0.15) is 0 Å². The number of hydrogen-bond acceptors (Lipinski definition) is 6. The van der Waals surface area contributed by atoms with Crippen molar-refractivity contribution in [2.24, 2.45) is 5.16 Å². The molecule has 3 rings (SSSR count). The number of ether oxygens (including phenoxy) is 2. The fourth-order valence-corrected chi connectivity index (χ4v) is 2.82. The van der Waals surface area contributed by atoms with Gasteiger partial charge in [0.1, 0.15) is 30.3 Å². The molecule has 0 spiro atoms. The number of aliphatic hydroxyl groups excluding tert-OH is 1. The number of rotatable bonds is 7. The van der Waals surface area contributed by atoms with Gasteiger partial charge in [-0.05, 0) is 63.1 Å². The molecule has 6 nitrogen and oxygen atoms in total. The minimum atomic E-state index is -1.01. The van der Waals surface area contributed by atoms with Crippen LogP contribution in [0.15, 0.2) is 65.0 Å². The van der Waals surface area contributed by atoms with Crippen LogP contribution in [0.5, 0.6) is 5.75 Å². The van der Waals surface area contributed by atoms with Crippen molar-refractivity contribution in [2.75, 3.05) is 6.61 Å². The molecule has 0 atom stereocenters. The van der Waals surface area contributed by atoms with Crippen LogP contribution >= 0.6 is 0 Å². The summed E-state index contributed by atoms with van der Waals surface area (Å²) in [5, 5.41) is 14.2. The van der Waals surface area contributed by atoms with Gasteiger partial charge in [0, 0.05) is 0 Å². The van der Waals surface area contributed by atoms with Crippen LogP contribution in [0.3, 0.4) is 0 Å². The molecule has 0 fully saturated rings. The number of cyclic esters (lactones) is 1. The van der Waals surface area contributed by atoms with E-state index in [1.807, 2.05) is 50.2 Å². The van der Waals surface area contributed by atoms with Crippen LogP contribution < -0.4 is 4.74 Å². The summed E-state index contributed by atoms with van der Waals surface area (Å²) in [5.41, 5.74) is 3.03. The Balaban J connectivity index is 1.56. The molecule has 1 aliphatic heterocycles. The Hall–Kier alpha value is -3.28. The van der Waals surface area contributed by atoms with E-state index in [1.54, 1.807) is 26.0 Å². The van der Waals surface area contributed by atoms with Gasteiger partial charge in [-0.15, -0.1) is 0 Å². The fourth-order valence-electron chi connectivity index (χ4n) is 2.82. The van der Waals surface area contributed by atoms with Crippen LogP contribution in [-0.2, 0) is 21.0 Å². The molecule has 0 aliphatic carbocycles. The van der Waals surface area contributed by atoms with E-state index in [1.165, 1.54) is 5.56 Å². The highest BCUT2D eigenvalue weighted by Gasteiger charge is 2.40. The van der Waals surface area contributed by atoms with Gasteiger partial charge in [-0.1, -0.05) is 35.0 Å². The predicted octanol–water partition coefficient (Wildman–Crippen LogP) is 4.46. The number of nitrogens with zero attached hydrogens (tertiary/aromatic N) is 1. The predicted molar refractivity (Wildman–Crippen MR) is 110 cm³/mol. The third kappa shape index (κ3) is 4.96. The lowest BCUT2D eigenvalue weighted by Gasteiger charge is -2.16. The van der Waals surface area contributed by atoms with Crippen molar-refractivity contribution in [3.8, 4) is 5.75 Å². The van der Waals surface area contributed by atoms with E-state index >= 15 is 0 Å². The van der Waals surface area contributed by atoms with Crippen LogP contribution in [0.2, 0.25) is 0 Å². The average molecular weight is 395 g/mol. The Morgan fingerprint density at radius 1 is 1.07 bits per heavy atom. The normalized spacial score (nSPS) is 16.0. The molecule has 1 N–H and O–H groups in total. The Labute approximate surface area is 170 Å². The molecule has 1 aliphatic rings. The highest BCUT2D eigenvalue weighted by molar-refractivity contribution is 5.98. The summed E-state index contributed by atoms with van der Waals surface area (Å²) >= 11 is 0. The summed E-state index contributed by atoms with van der Waals surface area (Å²) < 4.78 is 10.7. The lowest BCUT2D eigenvalue weighted by atomic mass is 10.1. The second-order valence-corrected chi connectivity index (χ2v) is 7.48. The maximum atomic E-state index is 11.8. The minimum Gasteiger partial charge on any atom is -0.507 e. The molecule has 1 heterocycles. The molecule has 2 aromatic rings. The molecule has 0 aromatic heterocycles. The van der Waals surface area contributed by atoms with Crippen LogP contribution in [0.1, 0.15) is 37.5 Å². The molecule has 0 saturated heterocycles. The number of esters is 1. The van der Waals surface area contributed by atoms with E-state index < -0.39 is 11.6 Å². The molecular weight excluding hydrogens is 370 g/mol. The summed E-state index contributed by atoms with van der Waals surface area (Å²) in [6, 6.07) is 15.4. The van der Waals surface area contributed by atoms with Crippen LogP contribution in [-0.4, -0.2) is 29.0 Å². The first-order chi connectivity index (χ1) is 13.8. The van der Waals surface area contributed by atoms with Crippen molar-refractivity contribution in [2.45, 2.75) is 39.9 Å². The van der Waals surface area contributed by atoms with E-state index in [-0.39, 0.29) is 17.9 Å². The van der Waals surface area contributed by atoms with Crippen molar-refractivity contribution in [3.05, 3.63) is 76.6 Å². The molecule has 2 aromatic carbocycles. The van der Waals surface area contributed by atoms with Crippen LogP contribution in [0.4, 0.5) is 0 Å². The third-order valence-electron chi connectivity index (χ3n) is 4.66. The summed E-state index contributed by atoms with van der Waals surface area (Å²) in [5.74, 6) is -0.0782. The number of oxime groups is 1. The van der Waals surface area contributed by atoms with Gasteiger partial charge in [0.2, 0.25) is 0 Å². The summed E-state index contributed by atoms with van der Waals surface area (Å²) in [6.07, 6.45) is 0. The SMILES string of the molecule is C/C(=N\OCc1ccc(C)cc1)c1ccc(OCC2=C(O)C(C)(C)OC2=O)cc1. The number of aliphatic hydroxyl groups is 1. The monoisotopic (exact) mass is 395 g/mol. The lowest BCUT2D eigenvalue weighted by molar-refractivity contribution is -0.145. The topological polar surface area (TPSA) is 77.3 Å². The Morgan fingerprint density at radius 3 is 2.31 bits per heavy atom. The number of carbonyl (C=O) groups is 1. The zero-order valence-corrected chi connectivity index (χ0v) is 17.1. The van der Waals surface area contributed by atoms with Crippen molar-refractivity contribution >= 4 is 11.7 Å². The molecule has 6 heteroatoms. The second-order valence-electron chi connectivity index (χ2n) is 7.48. The van der Waals surface area contributed by atoms with E-state index in [0.717, 1.165) is 16.8 Å². The van der Waals surface area contributed by atoms with E-state index in [2.05, 4.69) is 5.16 Å². The van der Waals surface area contributed by atoms with E-state index in [0.29, 0.717) is 12.4 Å². The summed E-state index contributed by atoms with van der Waals surface area (Å²) in [6.45, 7) is 7.52. The van der Waals surface area contributed by atoms with Crippen molar-refractivity contribution in [3.63, 3.8) is 0 Å². The molecule has 0 amide bonds. The molecule has 0 bridgehead atoms. The van der Waals surface area contributed by atoms with Crippen LogP contribution in [0.25, 0.3) is 0 Å². The molecule has 152 valence electrons. The zero-order valence-electron chi connectivity index (χ0n) is 17.1. The maximum absolute atomic E-state index is 11.8. The Kier molecular flexibility index (Phi) is 5.92. The fraction of sp³-hybridized carbons (Fsp3) is 0.304. The van der Waals surface area contributed by atoms with Gasteiger partial charge in [-0.25, -0.2) is 4.79 Å². The van der Waals surface area contributed by atoms with E-state index in [9.17, 15) is 9.90 Å². The first-order valence-corrected chi connectivity index (χ1v) is 9.37. The second kappa shape index (κ2) is 8.39. The molecule has 0 saturated carbocycles. The standard InChI is InChI=1S/C23H25NO5/c1-15-5-7-17(8-6-15)13-28-24-16(2)18-9-11-19(12-10-18)27-14-20-21(25)23(3,4)29-22(20)26/h5-12,25H,13-14H2,1-4H3/b24-16+. The summed E-state index contributed by atoms with van der Waals surface area (Å²) in [4.78, 5) is 17.3. The smallest absolute Gasteiger partial charge is 0.342 e. The highest BCUT2D eigenvalue weighted by atomic mass is 16.6. The summed E-state index contributed by atoms with van der Waals surface area (Å²) in [7, 11) is 0. The first-order valence-electron chi connectivity index (χ1n) is 9.37. The van der Waals surface area contributed by atoms with Crippen molar-refractivity contribution in [1.82, 2.24) is 0 Å². The molecule has 0 radical (unpaired) electrons. The van der Waals surface area contributed by atoms with E-state index in [4.69, 9.17) is 14.3 Å². The van der Waals surface area contributed by atoms with Crippen molar-refractivity contribution < 1.29 is 24.2 Å². The zero-order chi connectivity index (χ0) is 21.0. The Morgan fingerprint density at radius 2 is 1.72 bits per heavy atom. The highest BCUT2D eigenvalue weighted by Crippen LogP contribution is 2.30. The van der Waals surface area contributed by atoms with Gasteiger partial charge in [0.05, 0.1) is 5.71 Å². The van der Waals surface area contributed by atoms with Gasteiger partial charge < -0.3 is 19.4 Å². The lowest BCUT2D eigenvalue weighted by Crippen LogP contribution is -2.22. The largest absolute Gasteiger partial charge is 0.507 e. The number of hydrogen-bond donors (Lipinski definition) is 1. The Bertz CT molecular complexity index is 940. The maximum Gasteiger partial charge on any atom is 0.342 e. The van der Waals surface area contributed by atoms with Gasteiger partial charge in [0.15, 0.2) is 5.60 Å². The number of benzene rings is 2. The third-order valence-corrected chi connectivity index (χ3v) is 4.66. The van der Waals surface area contributed by atoms with Gasteiger partial charge in [0.25, 0.3) is 0 Å². The van der Waals surface area contributed by atoms with Crippen LogP contribution in [0, 0.1) is 6.92 Å². The minimum absolute atomic E-state index is 0.0554. The van der Waals surface area contributed by atoms with Gasteiger partial charge in [-0.3, -0.25) is 0 Å². The average Bonchev–Trinajstić information content (AvgIpc) is 2.89. The number of carbonyl (C=O) groups excluding carboxylic acids is 1. The number of aryl methyl sites for hydroxylation is 1. The molecule has 0 unspecified atom stereocenters.